The first-order valence-electron chi connectivity index (χ1n) is 6.85. The van der Waals surface area contributed by atoms with Crippen LogP contribution in [0, 0.1) is 11.2 Å². The van der Waals surface area contributed by atoms with E-state index in [0.717, 1.165) is 24.9 Å². The fourth-order valence-electron chi connectivity index (χ4n) is 1.94. The average molecular weight is 286 g/mol. The number of hydrogen-bond donors (Lipinski definition) is 1. The second kappa shape index (κ2) is 6.23. The minimum atomic E-state index is -0.332. The molecule has 1 aromatic rings. The Balaban J connectivity index is 2.83. The molecule has 1 rings (SSSR count). The third-order valence-corrected chi connectivity index (χ3v) is 3.97. The summed E-state index contributed by atoms with van der Waals surface area (Å²) in [6.45, 7) is 11.7. The molecule has 0 aromatic heterocycles. The lowest BCUT2D eigenvalue weighted by Crippen LogP contribution is -2.43. The molecule has 0 saturated carbocycles. The summed E-state index contributed by atoms with van der Waals surface area (Å²) in [5, 5.41) is 3.79. The van der Waals surface area contributed by atoms with E-state index < -0.39 is 0 Å². The van der Waals surface area contributed by atoms with Crippen molar-refractivity contribution in [1.29, 1.82) is 0 Å². The molecule has 0 spiro atoms. The van der Waals surface area contributed by atoms with Crippen molar-refractivity contribution < 1.29 is 4.39 Å². The van der Waals surface area contributed by atoms with Crippen molar-refractivity contribution in [2.24, 2.45) is 5.41 Å². The monoisotopic (exact) mass is 285 g/mol. The van der Waals surface area contributed by atoms with Gasteiger partial charge in [0, 0.05) is 12.1 Å². The van der Waals surface area contributed by atoms with Gasteiger partial charge in [-0.25, -0.2) is 4.39 Å². The Labute approximate surface area is 121 Å². The SMILES string of the molecule is CCC(C)(CNC(C)(C)C)Cc1cccc(F)c1Cl. The maximum absolute atomic E-state index is 13.5. The third kappa shape index (κ3) is 5.12. The van der Waals surface area contributed by atoms with Crippen LogP contribution in [-0.4, -0.2) is 12.1 Å². The summed E-state index contributed by atoms with van der Waals surface area (Å²) in [5.41, 5.74) is 1.05. The lowest BCUT2D eigenvalue weighted by atomic mass is 9.80. The Kier molecular flexibility index (Phi) is 5.40. The van der Waals surface area contributed by atoms with Gasteiger partial charge in [0.1, 0.15) is 5.82 Å². The van der Waals surface area contributed by atoms with Gasteiger partial charge >= 0.3 is 0 Å². The fraction of sp³-hybridized carbons (Fsp3) is 0.625. The summed E-state index contributed by atoms with van der Waals surface area (Å²) < 4.78 is 13.5. The molecule has 1 N–H and O–H groups in total. The molecule has 0 bridgehead atoms. The van der Waals surface area contributed by atoms with Crippen molar-refractivity contribution in [2.45, 2.75) is 53.0 Å². The molecule has 0 aliphatic heterocycles. The molecule has 0 heterocycles. The van der Waals surface area contributed by atoms with E-state index in [2.05, 4.69) is 39.9 Å². The molecule has 1 nitrogen and oxygen atoms in total. The largest absolute Gasteiger partial charge is 0.312 e. The molecule has 0 radical (unpaired) electrons. The fourth-order valence-corrected chi connectivity index (χ4v) is 2.13. The normalized spacial score (nSPS) is 15.3. The van der Waals surface area contributed by atoms with E-state index in [0.29, 0.717) is 0 Å². The van der Waals surface area contributed by atoms with E-state index in [-0.39, 0.29) is 21.8 Å². The summed E-state index contributed by atoms with van der Waals surface area (Å²) in [6.07, 6.45) is 1.80. The van der Waals surface area contributed by atoms with E-state index in [4.69, 9.17) is 11.6 Å². The lowest BCUT2D eigenvalue weighted by Gasteiger charge is -2.33. The molecule has 1 aromatic carbocycles. The van der Waals surface area contributed by atoms with Crippen LogP contribution in [0.4, 0.5) is 4.39 Å². The molecule has 0 aliphatic rings. The second-order valence-electron chi connectivity index (χ2n) is 6.66. The van der Waals surface area contributed by atoms with Crippen molar-refractivity contribution >= 4 is 11.6 Å². The van der Waals surface area contributed by atoms with Crippen LogP contribution in [-0.2, 0) is 6.42 Å². The summed E-state index contributed by atoms with van der Waals surface area (Å²) in [6, 6.07) is 5.04. The van der Waals surface area contributed by atoms with Crippen LogP contribution in [0.5, 0.6) is 0 Å². The Morgan fingerprint density at radius 2 is 1.84 bits per heavy atom. The van der Waals surface area contributed by atoms with Gasteiger partial charge in [0.2, 0.25) is 0 Å². The summed E-state index contributed by atoms with van der Waals surface area (Å²) in [4.78, 5) is 0. The highest BCUT2D eigenvalue weighted by molar-refractivity contribution is 6.31. The van der Waals surface area contributed by atoms with Crippen LogP contribution in [0.15, 0.2) is 18.2 Å². The number of hydrogen-bond acceptors (Lipinski definition) is 1. The van der Waals surface area contributed by atoms with Crippen molar-refractivity contribution in [2.75, 3.05) is 6.54 Å². The maximum atomic E-state index is 13.5. The first-order chi connectivity index (χ1) is 8.67. The van der Waals surface area contributed by atoms with Gasteiger partial charge in [-0.15, -0.1) is 0 Å². The van der Waals surface area contributed by atoms with Crippen LogP contribution in [0.3, 0.4) is 0 Å². The van der Waals surface area contributed by atoms with Crippen LogP contribution < -0.4 is 5.32 Å². The first-order valence-corrected chi connectivity index (χ1v) is 7.22. The minimum absolute atomic E-state index is 0.0741. The quantitative estimate of drug-likeness (QED) is 0.817. The van der Waals surface area contributed by atoms with Gasteiger partial charge in [0.25, 0.3) is 0 Å². The Hall–Kier alpha value is -0.600. The topological polar surface area (TPSA) is 12.0 Å². The molecular weight excluding hydrogens is 261 g/mol. The van der Waals surface area contributed by atoms with E-state index >= 15 is 0 Å². The van der Waals surface area contributed by atoms with Crippen LogP contribution in [0.25, 0.3) is 0 Å². The van der Waals surface area contributed by atoms with Crippen molar-refractivity contribution in [3.63, 3.8) is 0 Å². The molecule has 3 heteroatoms. The van der Waals surface area contributed by atoms with Gasteiger partial charge in [0.15, 0.2) is 0 Å². The van der Waals surface area contributed by atoms with E-state index in [9.17, 15) is 4.39 Å². The third-order valence-electron chi connectivity index (χ3n) is 3.55. The molecule has 0 aliphatic carbocycles. The van der Waals surface area contributed by atoms with Gasteiger partial charge < -0.3 is 5.32 Å². The zero-order valence-corrected chi connectivity index (χ0v) is 13.4. The molecule has 0 amide bonds. The molecule has 108 valence electrons. The minimum Gasteiger partial charge on any atom is -0.312 e. The number of benzene rings is 1. The average Bonchev–Trinajstić information content (AvgIpc) is 2.32. The number of nitrogens with one attached hydrogen (secondary N) is 1. The highest BCUT2D eigenvalue weighted by atomic mass is 35.5. The van der Waals surface area contributed by atoms with Crippen LogP contribution in [0.1, 0.15) is 46.6 Å². The van der Waals surface area contributed by atoms with E-state index in [1.54, 1.807) is 6.07 Å². The second-order valence-corrected chi connectivity index (χ2v) is 7.04. The Morgan fingerprint density at radius 1 is 1.21 bits per heavy atom. The van der Waals surface area contributed by atoms with Crippen molar-refractivity contribution in [3.8, 4) is 0 Å². The molecule has 0 saturated heterocycles. The van der Waals surface area contributed by atoms with Gasteiger partial charge in [0.05, 0.1) is 5.02 Å². The van der Waals surface area contributed by atoms with Gasteiger partial charge in [-0.2, -0.15) is 0 Å². The highest BCUT2D eigenvalue weighted by Gasteiger charge is 2.26. The standard InChI is InChI=1S/C16H25ClFN/c1-6-16(5,11-19-15(2,3)4)10-12-8-7-9-13(18)14(12)17/h7-9,19H,6,10-11H2,1-5H3. The molecule has 1 unspecified atom stereocenters. The van der Waals surface area contributed by atoms with E-state index in [1.807, 2.05) is 6.07 Å². The van der Waals surface area contributed by atoms with E-state index in [1.165, 1.54) is 6.07 Å². The lowest BCUT2D eigenvalue weighted by molar-refractivity contribution is 0.254. The van der Waals surface area contributed by atoms with Crippen molar-refractivity contribution in [3.05, 3.63) is 34.6 Å². The summed E-state index contributed by atoms with van der Waals surface area (Å²) >= 11 is 6.05. The van der Waals surface area contributed by atoms with Gasteiger partial charge in [-0.3, -0.25) is 0 Å². The molecular formula is C16H25ClFN. The van der Waals surface area contributed by atoms with Crippen LogP contribution >= 0.6 is 11.6 Å². The van der Waals surface area contributed by atoms with Gasteiger partial charge in [-0.1, -0.05) is 37.6 Å². The molecule has 19 heavy (non-hydrogen) atoms. The predicted molar refractivity (Wildman–Crippen MR) is 81.3 cm³/mol. The van der Waals surface area contributed by atoms with Crippen LogP contribution in [0.2, 0.25) is 5.02 Å². The van der Waals surface area contributed by atoms with Crippen molar-refractivity contribution in [1.82, 2.24) is 5.32 Å². The maximum Gasteiger partial charge on any atom is 0.142 e. The Bertz CT molecular complexity index is 425. The smallest absolute Gasteiger partial charge is 0.142 e. The zero-order chi connectivity index (χ0) is 14.7. The summed E-state index contributed by atoms with van der Waals surface area (Å²) in [7, 11) is 0. The molecule has 0 fully saturated rings. The molecule has 1 atom stereocenters. The van der Waals surface area contributed by atoms with Gasteiger partial charge in [-0.05, 0) is 50.7 Å². The predicted octanol–water partition coefficient (Wildman–Crippen LogP) is 4.83. The zero-order valence-electron chi connectivity index (χ0n) is 12.6. The Morgan fingerprint density at radius 3 is 2.37 bits per heavy atom. The highest BCUT2D eigenvalue weighted by Crippen LogP contribution is 2.30. The number of halogens is 2. The number of rotatable bonds is 5. The first kappa shape index (κ1) is 16.5. The summed E-state index contributed by atoms with van der Waals surface area (Å²) in [5.74, 6) is -0.332.